The Bertz CT molecular complexity index is 305. The van der Waals surface area contributed by atoms with Crippen LogP contribution >= 0.6 is 45.2 Å². The van der Waals surface area contributed by atoms with Gasteiger partial charge in [0.1, 0.15) is 0 Å². The number of H-pyrrole nitrogens is 1. The third kappa shape index (κ3) is 1.52. The van der Waals surface area contributed by atoms with Crippen LogP contribution < -0.4 is 5.43 Å². The van der Waals surface area contributed by atoms with E-state index in [4.69, 9.17) is 0 Å². The maximum Gasteiger partial charge on any atom is 0.208 e. The van der Waals surface area contributed by atoms with Crippen LogP contribution in [0.4, 0.5) is 0 Å². The second-order valence-electron chi connectivity index (χ2n) is 1.76. The topological polar surface area (TPSA) is 32.9 Å². The average molecular weight is 360 g/mol. The van der Waals surface area contributed by atoms with E-state index >= 15 is 0 Å². The second-order valence-corrected chi connectivity index (χ2v) is 4.00. The maximum absolute atomic E-state index is 11.1. The summed E-state index contributed by atoms with van der Waals surface area (Å²) in [4.78, 5) is 14.0. The minimum Gasteiger partial charge on any atom is -0.363 e. The van der Waals surface area contributed by atoms with Crippen LogP contribution in [0.2, 0.25) is 0 Å². The van der Waals surface area contributed by atoms with Gasteiger partial charge in [-0.25, -0.2) is 0 Å². The smallest absolute Gasteiger partial charge is 0.208 e. The predicted molar refractivity (Wildman–Crippen MR) is 57.0 cm³/mol. The zero-order valence-corrected chi connectivity index (χ0v) is 9.26. The molecule has 0 fully saturated rings. The van der Waals surface area contributed by atoms with Crippen molar-refractivity contribution in [3.8, 4) is 0 Å². The first-order valence-electron chi connectivity index (χ1n) is 2.51. The summed E-state index contributed by atoms with van der Waals surface area (Å²) in [6.45, 7) is 3.66. The molecule has 0 bridgehead atoms. The summed E-state index contributed by atoms with van der Waals surface area (Å²) in [6, 6.07) is 0. The molecule has 0 aromatic carbocycles. The van der Waals surface area contributed by atoms with Crippen LogP contribution in [-0.4, -0.2) is 4.98 Å². The zero-order valence-electron chi connectivity index (χ0n) is 4.95. The van der Waals surface area contributed by atoms with Crippen molar-refractivity contribution in [2.75, 3.05) is 0 Å². The molecule has 0 amide bonds. The van der Waals surface area contributed by atoms with Crippen molar-refractivity contribution in [2.24, 2.45) is 0 Å². The summed E-state index contributed by atoms with van der Waals surface area (Å²) in [5.41, 5.74) is 0.746. The fraction of sp³-hybridized carbons (Fsp3) is 0. The number of aromatic nitrogens is 1. The van der Waals surface area contributed by atoms with Gasteiger partial charge in [-0.05, 0) is 52.1 Å². The Morgan fingerprint density at radius 3 is 2.60 bits per heavy atom. The summed E-state index contributed by atoms with van der Waals surface area (Å²) >= 11 is 3.97. The Morgan fingerprint density at radius 1 is 1.50 bits per heavy atom. The third-order valence-corrected chi connectivity index (χ3v) is 3.00. The van der Waals surface area contributed by atoms with Crippen molar-refractivity contribution in [3.63, 3.8) is 0 Å². The van der Waals surface area contributed by atoms with Crippen molar-refractivity contribution in [1.82, 2.24) is 4.98 Å². The molecule has 10 heavy (non-hydrogen) atoms. The van der Waals surface area contributed by atoms with Gasteiger partial charge in [-0.2, -0.15) is 0 Å². The summed E-state index contributed by atoms with van der Waals surface area (Å²) in [6.07, 6.45) is 1.66. The van der Waals surface area contributed by atoms with Gasteiger partial charge in [0.25, 0.3) is 0 Å². The Hall–Kier alpha value is 0.410. The molecule has 1 radical (unpaired) electrons. The van der Waals surface area contributed by atoms with E-state index in [0.717, 1.165) is 0 Å². The van der Waals surface area contributed by atoms with Crippen LogP contribution in [0.15, 0.2) is 11.0 Å². The van der Waals surface area contributed by atoms with Gasteiger partial charge in [0.05, 0.1) is 7.14 Å². The lowest BCUT2D eigenvalue weighted by atomic mass is 10.4. The van der Waals surface area contributed by atoms with E-state index in [-0.39, 0.29) is 5.43 Å². The van der Waals surface area contributed by atoms with Crippen molar-refractivity contribution in [1.29, 1.82) is 0 Å². The highest BCUT2D eigenvalue weighted by molar-refractivity contribution is 14.1. The first-order chi connectivity index (χ1) is 4.63. The molecular formula is C6H4I2NO. The fourth-order valence-electron chi connectivity index (χ4n) is 0.521. The third-order valence-electron chi connectivity index (χ3n) is 1.05. The minimum absolute atomic E-state index is 0.0601. The minimum atomic E-state index is 0.0601. The van der Waals surface area contributed by atoms with Gasteiger partial charge in [0.2, 0.25) is 5.43 Å². The Balaban J connectivity index is 3.50. The lowest BCUT2D eigenvalue weighted by molar-refractivity contribution is 1.20. The number of hydrogen-bond acceptors (Lipinski definition) is 1. The van der Waals surface area contributed by atoms with E-state index in [0.29, 0.717) is 12.8 Å². The molecule has 1 aromatic rings. The van der Waals surface area contributed by atoms with Crippen LogP contribution in [0.25, 0.3) is 0 Å². The number of hydrogen-bond donors (Lipinski definition) is 1. The number of pyridine rings is 1. The lowest BCUT2D eigenvalue weighted by Gasteiger charge is -1.95. The molecule has 0 saturated heterocycles. The van der Waals surface area contributed by atoms with E-state index in [1.54, 1.807) is 6.20 Å². The maximum atomic E-state index is 11.1. The van der Waals surface area contributed by atoms with Crippen LogP contribution in [0.1, 0.15) is 5.69 Å². The van der Waals surface area contributed by atoms with Crippen molar-refractivity contribution >= 4 is 45.2 Å². The van der Waals surface area contributed by atoms with Crippen molar-refractivity contribution in [3.05, 3.63) is 36.2 Å². The Labute approximate surface area is 85.7 Å². The standard InChI is InChI=1S/C6H4I2NO/c1-3-5(8)6(10)4(7)2-9-3/h2H,1H2,(H,9,10). The van der Waals surface area contributed by atoms with E-state index < -0.39 is 0 Å². The molecule has 0 atom stereocenters. The largest absolute Gasteiger partial charge is 0.363 e. The van der Waals surface area contributed by atoms with Crippen molar-refractivity contribution in [2.45, 2.75) is 0 Å². The van der Waals surface area contributed by atoms with Crippen LogP contribution in [-0.2, 0) is 0 Å². The quantitative estimate of drug-likeness (QED) is 0.703. The molecule has 1 aromatic heterocycles. The fourth-order valence-corrected chi connectivity index (χ4v) is 1.91. The molecule has 1 N–H and O–H groups in total. The van der Waals surface area contributed by atoms with Gasteiger partial charge in [-0.1, -0.05) is 0 Å². The Kier molecular flexibility index (Phi) is 2.73. The Morgan fingerprint density at radius 2 is 2.10 bits per heavy atom. The highest BCUT2D eigenvalue weighted by Gasteiger charge is 2.01. The first kappa shape index (κ1) is 8.51. The predicted octanol–water partition coefficient (Wildman–Crippen LogP) is 1.77. The van der Waals surface area contributed by atoms with Gasteiger partial charge in [0, 0.05) is 11.9 Å². The molecule has 53 valence electrons. The number of rotatable bonds is 0. The van der Waals surface area contributed by atoms with Crippen LogP contribution in [0, 0.1) is 14.1 Å². The average Bonchev–Trinajstić information content (AvgIpc) is 1.93. The number of aromatic amines is 1. The molecule has 2 nitrogen and oxygen atoms in total. The monoisotopic (exact) mass is 360 g/mol. The molecule has 4 heteroatoms. The lowest BCUT2D eigenvalue weighted by Crippen LogP contribution is -2.11. The zero-order chi connectivity index (χ0) is 7.72. The highest BCUT2D eigenvalue weighted by atomic mass is 127. The summed E-state index contributed by atoms with van der Waals surface area (Å²) < 4.78 is 1.37. The molecular weight excluding hydrogens is 356 g/mol. The van der Waals surface area contributed by atoms with Gasteiger partial charge in [-0.15, -0.1) is 0 Å². The molecule has 0 saturated carbocycles. The summed E-state index contributed by atoms with van der Waals surface area (Å²) in [5, 5.41) is 0. The van der Waals surface area contributed by atoms with Gasteiger partial charge in [0.15, 0.2) is 0 Å². The molecule has 0 unspecified atom stereocenters. The van der Waals surface area contributed by atoms with E-state index in [1.807, 2.05) is 45.2 Å². The molecule has 0 spiro atoms. The number of halogens is 2. The normalized spacial score (nSPS) is 9.90. The SMILES string of the molecule is [CH2]c1[nH]cc(I)c(=O)c1I. The van der Waals surface area contributed by atoms with Crippen LogP contribution in [0.5, 0.6) is 0 Å². The first-order valence-corrected chi connectivity index (χ1v) is 4.67. The molecule has 1 heterocycles. The summed E-state index contributed by atoms with van der Waals surface area (Å²) in [5.74, 6) is 0. The molecule has 0 aliphatic rings. The van der Waals surface area contributed by atoms with Gasteiger partial charge < -0.3 is 4.98 Å². The second kappa shape index (κ2) is 3.21. The van der Waals surface area contributed by atoms with E-state index in [9.17, 15) is 4.79 Å². The van der Waals surface area contributed by atoms with Gasteiger partial charge >= 0.3 is 0 Å². The van der Waals surface area contributed by atoms with Crippen molar-refractivity contribution < 1.29 is 0 Å². The molecule has 0 aliphatic heterocycles. The summed E-state index contributed by atoms with van der Waals surface area (Å²) in [7, 11) is 0. The van der Waals surface area contributed by atoms with Gasteiger partial charge in [-0.3, -0.25) is 4.79 Å². The van der Waals surface area contributed by atoms with E-state index in [2.05, 4.69) is 11.9 Å². The molecule has 1 rings (SSSR count). The van der Waals surface area contributed by atoms with E-state index in [1.165, 1.54) is 0 Å². The highest BCUT2D eigenvalue weighted by Crippen LogP contribution is 2.04. The number of nitrogens with one attached hydrogen (secondary N) is 1. The molecule has 0 aliphatic carbocycles. The van der Waals surface area contributed by atoms with Crippen LogP contribution in [0.3, 0.4) is 0 Å².